The van der Waals surface area contributed by atoms with Gasteiger partial charge in [-0.05, 0) is 17.1 Å². The Hall–Kier alpha value is -0.995. The first kappa shape index (κ1) is 11.1. The average Bonchev–Trinajstić information content (AvgIpc) is 2.76. The van der Waals surface area contributed by atoms with Gasteiger partial charge >= 0.3 is 7.12 Å². The molecule has 0 spiro atoms. The van der Waals surface area contributed by atoms with Crippen molar-refractivity contribution in [3.05, 3.63) is 23.8 Å². The van der Waals surface area contributed by atoms with Gasteiger partial charge in [0.25, 0.3) is 0 Å². The molecule has 0 saturated carbocycles. The average molecular weight is 232 g/mol. The van der Waals surface area contributed by atoms with Crippen LogP contribution in [0.15, 0.2) is 18.2 Å². The first-order chi connectivity index (χ1) is 8.14. The summed E-state index contributed by atoms with van der Waals surface area (Å²) in [6.45, 7) is 6.55. The van der Waals surface area contributed by atoms with Crippen molar-refractivity contribution in [1.82, 2.24) is 0 Å². The van der Waals surface area contributed by atoms with Gasteiger partial charge in [-0.15, -0.1) is 0 Å². The lowest BCUT2D eigenvalue weighted by Crippen LogP contribution is -2.47. The minimum Gasteiger partial charge on any atom is -0.493 e. The van der Waals surface area contributed by atoms with E-state index in [1.54, 1.807) is 0 Å². The van der Waals surface area contributed by atoms with Gasteiger partial charge in [-0.1, -0.05) is 26.0 Å². The maximum atomic E-state index is 5.76. The molecule has 0 aromatic heterocycles. The number of hydrogen-bond acceptors (Lipinski definition) is 3. The SMILES string of the molecule is CC1(C)COB(c2ccc3c(c2)OCC3)OC1. The fourth-order valence-electron chi connectivity index (χ4n) is 2.21. The Bertz CT molecular complexity index is 421. The van der Waals surface area contributed by atoms with Gasteiger partial charge in [0.1, 0.15) is 5.75 Å². The van der Waals surface area contributed by atoms with Crippen molar-refractivity contribution in [1.29, 1.82) is 0 Å². The Morgan fingerprint density at radius 1 is 1.18 bits per heavy atom. The highest BCUT2D eigenvalue weighted by molar-refractivity contribution is 6.61. The van der Waals surface area contributed by atoms with E-state index in [2.05, 4.69) is 26.0 Å². The standard InChI is InChI=1S/C13H17BO3/c1-13(2)8-16-14(17-9-13)11-4-3-10-5-6-15-12(10)7-11/h3-4,7H,5-6,8-9H2,1-2H3. The number of hydrogen-bond donors (Lipinski definition) is 0. The number of benzene rings is 1. The van der Waals surface area contributed by atoms with Crippen LogP contribution in [0.2, 0.25) is 0 Å². The molecule has 4 heteroatoms. The van der Waals surface area contributed by atoms with Gasteiger partial charge in [-0.25, -0.2) is 0 Å². The molecule has 3 rings (SSSR count). The molecule has 90 valence electrons. The molecular formula is C13H17BO3. The van der Waals surface area contributed by atoms with Crippen LogP contribution in [0.5, 0.6) is 5.75 Å². The monoisotopic (exact) mass is 232 g/mol. The third kappa shape index (κ3) is 2.19. The topological polar surface area (TPSA) is 27.7 Å². The van der Waals surface area contributed by atoms with Crippen LogP contribution < -0.4 is 10.2 Å². The molecule has 2 aliphatic heterocycles. The lowest BCUT2D eigenvalue weighted by Gasteiger charge is -2.33. The Morgan fingerprint density at radius 3 is 2.71 bits per heavy atom. The van der Waals surface area contributed by atoms with E-state index in [4.69, 9.17) is 14.0 Å². The highest BCUT2D eigenvalue weighted by Crippen LogP contribution is 2.25. The van der Waals surface area contributed by atoms with Crippen LogP contribution in [0.3, 0.4) is 0 Å². The zero-order valence-electron chi connectivity index (χ0n) is 10.4. The summed E-state index contributed by atoms with van der Waals surface area (Å²) in [5.41, 5.74) is 2.45. The summed E-state index contributed by atoms with van der Waals surface area (Å²) in [6.07, 6.45) is 1.01. The van der Waals surface area contributed by atoms with E-state index in [0.717, 1.165) is 37.5 Å². The van der Waals surface area contributed by atoms with Gasteiger partial charge in [-0.2, -0.15) is 0 Å². The van der Waals surface area contributed by atoms with Crippen molar-refractivity contribution in [2.45, 2.75) is 20.3 Å². The van der Waals surface area contributed by atoms with E-state index in [1.807, 2.05) is 6.07 Å². The lowest BCUT2D eigenvalue weighted by atomic mass is 9.75. The Morgan fingerprint density at radius 2 is 1.94 bits per heavy atom. The largest absolute Gasteiger partial charge is 0.494 e. The second-order valence-electron chi connectivity index (χ2n) is 5.58. The van der Waals surface area contributed by atoms with E-state index in [-0.39, 0.29) is 12.5 Å². The molecule has 2 aliphatic rings. The molecule has 0 radical (unpaired) electrons. The summed E-state index contributed by atoms with van der Waals surface area (Å²) in [4.78, 5) is 0. The van der Waals surface area contributed by atoms with Crippen LogP contribution >= 0.6 is 0 Å². The smallest absolute Gasteiger partial charge is 0.493 e. The minimum atomic E-state index is -0.238. The zero-order chi connectivity index (χ0) is 11.9. The predicted molar refractivity (Wildman–Crippen MR) is 66.7 cm³/mol. The second-order valence-corrected chi connectivity index (χ2v) is 5.58. The Labute approximate surface area is 102 Å². The number of ether oxygens (including phenoxy) is 1. The van der Waals surface area contributed by atoms with Gasteiger partial charge in [0.15, 0.2) is 0 Å². The van der Waals surface area contributed by atoms with E-state index < -0.39 is 0 Å². The Balaban J connectivity index is 1.77. The molecule has 1 aromatic carbocycles. The summed E-state index contributed by atoms with van der Waals surface area (Å²) < 4.78 is 17.1. The second kappa shape index (κ2) is 4.04. The quantitative estimate of drug-likeness (QED) is 0.685. The van der Waals surface area contributed by atoms with Crippen molar-refractivity contribution in [2.24, 2.45) is 5.41 Å². The van der Waals surface area contributed by atoms with Gasteiger partial charge in [-0.3, -0.25) is 0 Å². The van der Waals surface area contributed by atoms with Crippen LogP contribution in [0.25, 0.3) is 0 Å². The number of rotatable bonds is 1. The molecule has 1 saturated heterocycles. The van der Waals surface area contributed by atoms with Crippen LogP contribution in [0.1, 0.15) is 19.4 Å². The van der Waals surface area contributed by atoms with Crippen molar-refractivity contribution in [2.75, 3.05) is 19.8 Å². The fourth-order valence-corrected chi connectivity index (χ4v) is 2.21. The summed E-state index contributed by atoms with van der Waals surface area (Å²) in [7, 11) is -0.238. The van der Waals surface area contributed by atoms with Crippen LogP contribution in [-0.2, 0) is 15.7 Å². The van der Waals surface area contributed by atoms with Gasteiger partial charge in [0.2, 0.25) is 0 Å². The fraction of sp³-hybridized carbons (Fsp3) is 0.538. The van der Waals surface area contributed by atoms with Gasteiger partial charge in [0.05, 0.1) is 6.61 Å². The van der Waals surface area contributed by atoms with E-state index in [9.17, 15) is 0 Å². The molecule has 0 unspecified atom stereocenters. The third-order valence-corrected chi connectivity index (χ3v) is 3.24. The summed E-state index contributed by atoms with van der Waals surface area (Å²) >= 11 is 0. The molecule has 0 atom stereocenters. The summed E-state index contributed by atoms with van der Waals surface area (Å²) in [5, 5.41) is 0. The predicted octanol–water partition coefficient (Wildman–Crippen LogP) is 1.39. The van der Waals surface area contributed by atoms with Crippen LogP contribution in [0, 0.1) is 5.41 Å². The van der Waals surface area contributed by atoms with Crippen molar-refractivity contribution < 1.29 is 14.0 Å². The van der Waals surface area contributed by atoms with Crippen molar-refractivity contribution >= 4 is 12.6 Å². The molecule has 17 heavy (non-hydrogen) atoms. The lowest BCUT2D eigenvalue weighted by molar-refractivity contribution is 0.0343. The van der Waals surface area contributed by atoms with Crippen LogP contribution in [-0.4, -0.2) is 26.9 Å². The minimum absolute atomic E-state index is 0.115. The Kier molecular flexibility index (Phi) is 2.64. The maximum Gasteiger partial charge on any atom is 0.494 e. The van der Waals surface area contributed by atoms with Crippen molar-refractivity contribution in [3.63, 3.8) is 0 Å². The first-order valence-corrected chi connectivity index (χ1v) is 6.13. The molecule has 0 aliphatic carbocycles. The van der Waals surface area contributed by atoms with Crippen molar-refractivity contribution in [3.8, 4) is 5.75 Å². The number of fused-ring (bicyclic) bond motifs is 1. The summed E-state index contributed by atoms with van der Waals surface area (Å²) in [5.74, 6) is 0.986. The zero-order valence-corrected chi connectivity index (χ0v) is 10.4. The highest BCUT2D eigenvalue weighted by Gasteiger charge is 2.34. The molecule has 0 amide bonds. The molecule has 1 fully saturated rings. The molecular weight excluding hydrogens is 215 g/mol. The molecule has 2 heterocycles. The normalized spacial score (nSPS) is 22.1. The van der Waals surface area contributed by atoms with Crippen LogP contribution in [0.4, 0.5) is 0 Å². The maximum absolute atomic E-state index is 5.76. The summed E-state index contributed by atoms with van der Waals surface area (Å²) in [6, 6.07) is 6.24. The first-order valence-electron chi connectivity index (χ1n) is 6.13. The van der Waals surface area contributed by atoms with Gasteiger partial charge in [0, 0.05) is 25.0 Å². The molecule has 3 nitrogen and oxygen atoms in total. The van der Waals surface area contributed by atoms with E-state index in [0.29, 0.717) is 0 Å². The highest BCUT2D eigenvalue weighted by atomic mass is 16.6. The van der Waals surface area contributed by atoms with Gasteiger partial charge < -0.3 is 14.0 Å². The van der Waals surface area contributed by atoms with E-state index in [1.165, 1.54) is 5.56 Å². The molecule has 0 N–H and O–H groups in total. The molecule has 0 bridgehead atoms. The third-order valence-electron chi connectivity index (χ3n) is 3.24. The molecule has 1 aromatic rings. The van der Waals surface area contributed by atoms with E-state index >= 15 is 0 Å².